The van der Waals surface area contributed by atoms with Gasteiger partial charge in [-0.15, -0.1) is 0 Å². The molecule has 1 fully saturated rings. The van der Waals surface area contributed by atoms with Crippen LogP contribution < -0.4 is 0 Å². The molecule has 2 heterocycles. The fourth-order valence-electron chi connectivity index (χ4n) is 1.45. The summed E-state index contributed by atoms with van der Waals surface area (Å²) in [5.74, 6) is -0.334. The summed E-state index contributed by atoms with van der Waals surface area (Å²) >= 11 is 0. The third kappa shape index (κ3) is 3.01. The maximum atomic E-state index is 11.6. The average Bonchev–Trinajstić information content (AvgIpc) is 2.38. The molecular formula is C11H14N2O3. The largest absolute Gasteiger partial charge is 0.446 e. The van der Waals surface area contributed by atoms with E-state index in [1.165, 1.54) is 6.20 Å². The molecule has 0 atom stereocenters. The van der Waals surface area contributed by atoms with Crippen molar-refractivity contribution in [3.05, 3.63) is 30.1 Å². The monoisotopic (exact) mass is 222 g/mol. The van der Waals surface area contributed by atoms with E-state index in [0.29, 0.717) is 25.5 Å². The number of nitrogens with zero attached hydrogens (tertiary/aromatic N) is 2. The number of morpholine rings is 1. The summed E-state index contributed by atoms with van der Waals surface area (Å²) < 4.78 is 10.4. The van der Waals surface area contributed by atoms with E-state index < -0.39 is 0 Å². The number of pyridine rings is 1. The van der Waals surface area contributed by atoms with Crippen molar-refractivity contribution in [3.8, 4) is 0 Å². The Bertz CT molecular complexity index is 336. The number of hydrogen-bond acceptors (Lipinski definition) is 5. The summed E-state index contributed by atoms with van der Waals surface area (Å²) in [5.41, 5.74) is 0.482. The minimum absolute atomic E-state index is 0.317. The molecule has 0 aliphatic carbocycles. The van der Waals surface area contributed by atoms with Gasteiger partial charge in [0.05, 0.1) is 18.8 Å². The van der Waals surface area contributed by atoms with Crippen molar-refractivity contribution in [2.24, 2.45) is 0 Å². The quantitative estimate of drug-likeness (QED) is 0.698. The molecule has 0 bridgehead atoms. The van der Waals surface area contributed by atoms with Crippen LogP contribution in [0.25, 0.3) is 0 Å². The Morgan fingerprint density at radius 2 is 2.31 bits per heavy atom. The number of aromatic nitrogens is 1. The van der Waals surface area contributed by atoms with Crippen molar-refractivity contribution in [2.45, 2.75) is 0 Å². The average molecular weight is 222 g/mol. The first-order valence-electron chi connectivity index (χ1n) is 5.23. The van der Waals surface area contributed by atoms with E-state index in [4.69, 9.17) is 9.47 Å². The van der Waals surface area contributed by atoms with Gasteiger partial charge in [-0.1, -0.05) is 0 Å². The van der Waals surface area contributed by atoms with Gasteiger partial charge in [0, 0.05) is 25.5 Å². The molecule has 1 aromatic rings. The summed E-state index contributed by atoms with van der Waals surface area (Å²) in [6, 6.07) is 3.40. The third-order valence-corrected chi connectivity index (χ3v) is 2.38. The van der Waals surface area contributed by atoms with Crippen molar-refractivity contribution in [1.29, 1.82) is 0 Å². The predicted octanol–water partition coefficient (Wildman–Crippen LogP) is 0.528. The minimum atomic E-state index is -0.334. The SMILES string of the molecule is O=C(OCN1CCOCC1)c1cccnc1. The molecule has 0 unspecified atom stereocenters. The van der Waals surface area contributed by atoms with E-state index >= 15 is 0 Å². The zero-order valence-corrected chi connectivity index (χ0v) is 8.96. The molecule has 1 aromatic heterocycles. The highest BCUT2D eigenvalue weighted by atomic mass is 16.5. The van der Waals surface area contributed by atoms with Crippen LogP contribution >= 0.6 is 0 Å². The number of hydrogen-bond donors (Lipinski definition) is 0. The highest BCUT2D eigenvalue weighted by Crippen LogP contribution is 2.01. The lowest BCUT2D eigenvalue weighted by molar-refractivity contribution is -0.0209. The minimum Gasteiger partial charge on any atom is -0.446 e. The van der Waals surface area contributed by atoms with Crippen LogP contribution in [0, 0.1) is 0 Å². The molecule has 0 N–H and O–H groups in total. The molecule has 16 heavy (non-hydrogen) atoms. The first kappa shape index (κ1) is 11.0. The Kier molecular flexibility index (Phi) is 3.85. The molecule has 1 saturated heterocycles. The van der Waals surface area contributed by atoms with Crippen molar-refractivity contribution in [2.75, 3.05) is 33.0 Å². The Labute approximate surface area is 94.0 Å². The van der Waals surface area contributed by atoms with Gasteiger partial charge in [-0.2, -0.15) is 0 Å². The highest BCUT2D eigenvalue weighted by molar-refractivity contribution is 5.88. The van der Waals surface area contributed by atoms with Gasteiger partial charge in [-0.05, 0) is 12.1 Å². The Hall–Kier alpha value is -1.46. The number of carbonyl (C=O) groups excluding carboxylic acids is 1. The molecular weight excluding hydrogens is 208 g/mol. The van der Waals surface area contributed by atoms with Gasteiger partial charge in [0.2, 0.25) is 0 Å². The maximum Gasteiger partial charge on any atom is 0.341 e. The van der Waals surface area contributed by atoms with Gasteiger partial charge in [0.25, 0.3) is 0 Å². The molecule has 0 aromatic carbocycles. The fraction of sp³-hybridized carbons (Fsp3) is 0.455. The predicted molar refractivity (Wildman–Crippen MR) is 56.9 cm³/mol. The van der Waals surface area contributed by atoms with Crippen LogP contribution in [0.1, 0.15) is 10.4 Å². The van der Waals surface area contributed by atoms with Gasteiger partial charge in [0.1, 0.15) is 6.73 Å². The molecule has 0 spiro atoms. The molecule has 2 rings (SSSR count). The molecule has 0 saturated carbocycles. The van der Waals surface area contributed by atoms with Crippen LogP contribution in [0.15, 0.2) is 24.5 Å². The van der Waals surface area contributed by atoms with Crippen LogP contribution in [0.5, 0.6) is 0 Å². The van der Waals surface area contributed by atoms with Crippen LogP contribution in [0.4, 0.5) is 0 Å². The van der Waals surface area contributed by atoms with Crippen molar-refractivity contribution in [3.63, 3.8) is 0 Å². The van der Waals surface area contributed by atoms with E-state index in [0.717, 1.165) is 13.1 Å². The van der Waals surface area contributed by atoms with Crippen LogP contribution in [0.2, 0.25) is 0 Å². The van der Waals surface area contributed by atoms with Gasteiger partial charge < -0.3 is 9.47 Å². The second kappa shape index (κ2) is 5.58. The molecule has 5 nitrogen and oxygen atoms in total. The van der Waals surface area contributed by atoms with Crippen LogP contribution in [0.3, 0.4) is 0 Å². The van der Waals surface area contributed by atoms with E-state index in [1.54, 1.807) is 18.3 Å². The van der Waals surface area contributed by atoms with Crippen LogP contribution in [-0.4, -0.2) is 48.9 Å². The molecule has 86 valence electrons. The number of esters is 1. The summed E-state index contributed by atoms with van der Waals surface area (Å²) in [5, 5.41) is 0. The summed E-state index contributed by atoms with van der Waals surface area (Å²) in [4.78, 5) is 17.5. The lowest BCUT2D eigenvalue weighted by atomic mass is 10.3. The summed E-state index contributed by atoms with van der Waals surface area (Å²) in [6.45, 7) is 3.33. The standard InChI is InChI=1S/C11H14N2O3/c14-11(10-2-1-3-12-8-10)16-9-13-4-6-15-7-5-13/h1-3,8H,4-7,9H2. The van der Waals surface area contributed by atoms with Gasteiger partial charge in [0.15, 0.2) is 0 Å². The Morgan fingerprint density at radius 1 is 1.50 bits per heavy atom. The number of carbonyl (C=O) groups is 1. The molecule has 5 heteroatoms. The molecule has 0 amide bonds. The Morgan fingerprint density at radius 3 is 3.00 bits per heavy atom. The van der Waals surface area contributed by atoms with Gasteiger partial charge in [-0.25, -0.2) is 4.79 Å². The van der Waals surface area contributed by atoms with Crippen LogP contribution in [-0.2, 0) is 9.47 Å². The number of rotatable bonds is 3. The topological polar surface area (TPSA) is 51.7 Å². The third-order valence-electron chi connectivity index (χ3n) is 2.38. The smallest absolute Gasteiger partial charge is 0.341 e. The highest BCUT2D eigenvalue weighted by Gasteiger charge is 2.13. The molecule has 1 aliphatic rings. The lowest BCUT2D eigenvalue weighted by Gasteiger charge is -2.25. The summed E-state index contributed by atoms with van der Waals surface area (Å²) in [7, 11) is 0. The first-order chi connectivity index (χ1) is 7.86. The second-order valence-electron chi connectivity index (χ2n) is 3.53. The summed E-state index contributed by atoms with van der Waals surface area (Å²) in [6.07, 6.45) is 3.13. The van der Waals surface area contributed by atoms with E-state index in [2.05, 4.69) is 4.98 Å². The van der Waals surface area contributed by atoms with Crippen molar-refractivity contribution < 1.29 is 14.3 Å². The number of ether oxygens (including phenoxy) is 2. The zero-order chi connectivity index (χ0) is 11.2. The van der Waals surface area contributed by atoms with E-state index in [9.17, 15) is 4.79 Å². The van der Waals surface area contributed by atoms with E-state index in [1.807, 2.05) is 4.90 Å². The lowest BCUT2D eigenvalue weighted by Crippen LogP contribution is -2.38. The molecule has 1 aliphatic heterocycles. The first-order valence-corrected chi connectivity index (χ1v) is 5.23. The zero-order valence-electron chi connectivity index (χ0n) is 8.96. The Balaban J connectivity index is 1.79. The second-order valence-corrected chi connectivity index (χ2v) is 3.53. The van der Waals surface area contributed by atoms with Gasteiger partial charge in [-0.3, -0.25) is 9.88 Å². The van der Waals surface area contributed by atoms with Gasteiger partial charge >= 0.3 is 5.97 Å². The normalized spacial score (nSPS) is 17.0. The van der Waals surface area contributed by atoms with Crippen molar-refractivity contribution >= 4 is 5.97 Å². The van der Waals surface area contributed by atoms with Crippen molar-refractivity contribution in [1.82, 2.24) is 9.88 Å². The maximum absolute atomic E-state index is 11.6. The fourth-order valence-corrected chi connectivity index (χ4v) is 1.45. The molecule has 0 radical (unpaired) electrons. The van der Waals surface area contributed by atoms with E-state index in [-0.39, 0.29) is 5.97 Å².